The van der Waals surface area contributed by atoms with Crippen LogP contribution in [0, 0.1) is 0 Å². The molecule has 2 aromatic rings. The molecule has 0 aromatic heterocycles. The molecule has 0 aliphatic heterocycles. The van der Waals surface area contributed by atoms with Crippen molar-refractivity contribution in [1.82, 2.24) is 5.32 Å². The SMILES string of the molecule is CCNCC1c2ccccc2-c2ccccc21. The topological polar surface area (TPSA) is 12.0 Å². The van der Waals surface area contributed by atoms with Gasteiger partial charge in [0.05, 0.1) is 0 Å². The van der Waals surface area contributed by atoms with Crippen molar-refractivity contribution in [2.24, 2.45) is 0 Å². The lowest BCUT2D eigenvalue weighted by atomic mass is 9.97. The lowest BCUT2D eigenvalue weighted by molar-refractivity contribution is 0.666. The molecule has 1 aliphatic rings. The molecule has 0 fully saturated rings. The Morgan fingerprint density at radius 2 is 1.41 bits per heavy atom. The van der Waals surface area contributed by atoms with Gasteiger partial charge in [0, 0.05) is 12.5 Å². The van der Waals surface area contributed by atoms with Gasteiger partial charge in [-0.25, -0.2) is 0 Å². The number of hydrogen-bond donors (Lipinski definition) is 1. The van der Waals surface area contributed by atoms with Gasteiger partial charge in [-0.3, -0.25) is 0 Å². The summed E-state index contributed by atoms with van der Waals surface area (Å²) in [7, 11) is 0. The van der Waals surface area contributed by atoms with Gasteiger partial charge in [-0.1, -0.05) is 55.5 Å². The second-order valence-electron chi connectivity index (χ2n) is 4.53. The molecule has 2 aromatic carbocycles. The molecule has 3 rings (SSSR count). The van der Waals surface area contributed by atoms with Gasteiger partial charge in [0.1, 0.15) is 0 Å². The highest BCUT2D eigenvalue weighted by atomic mass is 14.8. The first-order valence-corrected chi connectivity index (χ1v) is 6.30. The second kappa shape index (κ2) is 4.34. The van der Waals surface area contributed by atoms with Crippen molar-refractivity contribution in [3.8, 4) is 11.1 Å². The number of rotatable bonds is 3. The predicted molar refractivity (Wildman–Crippen MR) is 72.3 cm³/mol. The van der Waals surface area contributed by atoms with Crippen LogP contribution in [0.1, 0.15) is 24.0 Å². The van der Waals surface area contributed by atoms with Crippen LogP contribution in [0.2, 0.25) is 0 Å². The minimum Gasteiger partial charge on any atom is -0.316 e. The van der Waals surface area contributed by atoms with E-state index in [0.29, 0.717) is 5.92 Å². The molecular formula is C16H17N. The Balaban J connectivity index is 2.10. The first-order chi connectivity index (χ1) is 8.42. The molecule has 0 saturated carbocycles. The Labute approximate surface area is 102 Å². The van der Waals surface area contributed by atoms with Crippen LogP contribution in [-0.4, -0.2) is 13.1 Å². The molecule has 0 radical (unpaired) electrons. The molecule has 0 heterocycles. The maximum Gasteiger partial charge on any atom is 0.0227 e. The lowest BCUT2D eigenvalue weighted by Gasteiger charge is -2.13. The molecular weight excluding hydrogens is 206 g/mol. The van der Waals surface area contributed by atoms with Crippen LogP contribution < -0.4 is 5.32 Å². The number of fused-ring (bicyclic) bond motifs is 3. The van der Waals surface area contributed by atoms with Gasteiger partial charge in [0.25, 0.3) is 0 Å². The monoisotopic (exact) mass is 223 g/mol. The van der Waals surface area contributed by atoms with E-state index in [2.05, 4.69) is 60.8 Å². The highest BCUT2D eigenvalue weighted by Crippen LogP contribution is 2.43. The quantitative estimate of drug-likeness (QED) is 0.840. The largest absolute Gasteiger partial charge is 0.316 e. The van der Waals surface area contributed by atoms with Crippen LogP contribution in [0.15, 0.2) is 48.5 Å². The number of benzene rings is 2. The average Bonchev–Trinajstić information content (AvgIpc) is 2.71. The zero-order valence-electron chi connectivity index (χ0n) is 10.1. The summed E-state index contributed by atoms with van der Waals surface area (Å²) in [5.74, 6) is 0.516. The highest BCUT2D eigenvalue weighted by molar-refractivity contribution is 5.78. The van der Waals surface area contributed by atoms with E-state index in [4.69, 9.17) is 0 Å². The molecule has 1 heteroatoms. The second-order valence-corrected chi connectivity index (χ2v) is 4.53. The number of nitrogens with one attached hydrogen (secondary N) is 1. The van der Waals surface area contributed by atoms with Crippen LogP contribution in [0.3, 0.4) is 0 Å². The Hall–Kier alpha value is -1.60. The highest BCUT2D eigenvalue weighted by Gasteiger charge is 2.26. The molecule has 17 heavy (non-hydrogen) atoms. The Bertz CT molecular complexity index is 485. The predicted octanol–water partition coefficient (Wildman–Crippen LogP) is 3.41. The average molecular weight is 223 g/mol. The van der Waals surface area contributed by atoms with Gasteiger partial charge in [-0.2, -0.15) is 0 Å². The third kappa shape index (κ3) is 1.67. The van der Waals surface area contributed by atoms with Crippen LogP contribution in [0.25, 0.3) is 11.1 Å². The molecule has 0 saturated heterocycles. The summed E-state index contributed by atoms with van der Waals surface area (Å²) in [4.78, 5) is 0. The smallest absolute Gasteiger partial charge is 0.0227 e. The molecule has 0 atom stereocenters. The van der Waals surface area contributed by atoms with Gasteiger partial charge in [-0.15, -0.1) is 0 Å². The molecule has 0 spiro atoms. The fourth-order valence-corrected chi connectivity index (χ4v) is 2.77. The normalized spacial score (nSPS) is 13.5. The minimum atomic E-state index is 0.516. The summed E-state index contributed by atoms with van der Waals surface area (Å²) in [5.41, 5.74) is 5.75. The maximum atomic E-state index is 3.47. The van der Waals surface area contributed by atoms with Crippen LogP contribution >= 0.6 is 0 Å². The van der Waals surface area contributed by atoms with Crippen molar-refractivity contribution in [3.63, 3.8) is 0 Å². The Morgan fingerprint density at radius 3 is 1.94 bits per heavy atom. The van der Waals surface area contributed by atoms with Gasteiger partial charge < -0.3 is 5.32 Å². The summed E-state index contributed by atoms with van der Waals surface area (Å²) in [6, 6.07) is 17.5. The third-order valence-electron chi connectivity index (χ3n) is 3.56. The maximum absolute atomic E-state index is 3.47. The van der Waals surface area contributed by atoms with E-state index < -0.39 is 0 Å². The minimum absolute atomic E-state index is 0.516. The van der Waals surface area contributed by atoms with E-state index in [1.165, 1.54) is 22.3 Å². The van der Waals surface area contributed by atoms with Gasteiger partial charge >= 0.3 is 0 Å². The summed E-state index contributed by atoms with van der Waals surface area (Å²) in [5, 5.41) is 3.47. The van der Waals surface area contributed by atoms with Crippen molar-refractivity contribution < 1.29 is 0 Å². The molecule has 1 aliphatic carbocycles. The van der Waals surface area contributed by atoms with E-state index in [1.807, 2.05) is 0 Å². The van der Waals surface area contributed by atoms with E-state index in [9.17, 15) is 0 Å². The van der Waals surface area contributed by atoms with Crippen LogP contribution in [0.4, 0.5) is 0 Å². The summed E-state index contributed by atoms with van der Waals surface area (Å²) >= 11 is 0. The van der Waals surface area contributed by atoms with Crippen molar-refractivity contribution in [3.05, 3.63) is 59.7 Å². The molecule has 1 nitrogen and oxygen atoms in total. The van der Waals surface area contributed by atoms with Crippen molar-refractivity contribution in [1.29, 1.82) is 0 Å². The van der Waals surface area contributed by atoms with E-state index in [0.717, 1.165) is 13.1 Å². The van der Waals surface area contributed by atoms with Gasteiger partial charge in [-0.05, 0) is 28.8 Å². The van der Waals surface area contributed by atoms with E-state index >= 15 is 0 Å². The Morgan fingerprint density at radius 1 is 0.882 bits per heavy atom. The zero-order chi connectivity index (χ0) is 11.7. The van der Waals surface area contributed by atoms with Gasteiger partial charge in [0.2, 0.25) is 0 Å². The number of hydrogen-bond acceptors (Lipinski definition) is 1. The Kier molecular flexibility index (Phi) is 2.69. The standard InChI is InChI=1S/C16H17N/c1-2-17-11-16-14-9-5-3-7-12(14)13-8-4-6-10-15(13)16/h3-10,16-17H,2,11H2,1H3. The lowest BCUT2D eigenvalue weighted by Crippen LogP contribution is -2.20. The number of likely N-dealkylation sites (N-methyl/N-ethyl adjacent to an activating group) is 1. The molecule has 0 unspecified atom stereocenters. The van der Waals surface area contributed by atoms with Crippen molar-refractivity contribution in [2.75, 3.05) is 13.1 Å². The summed E-state index contributed by atoms with van der Waals surface area (Å²) in [6.45, 7) is 4.22. The molecule has 86 valence electrons. The summed E-state index contributed by atoms with van der Waals surface area (Å²) in [6.07, 6.45) is 0. The first-order valence-electron chi connectivity index (χ1n) is 6.30. The van der Waals surface area contributed by atoms with Crippen molar-refractivity contribution in [2.45, 2.75) is 12.8 Å². The molecule has 0 bridgehead atoms. The van der Waals surface area contributed by atoms with E-state index in [1.54, 1.807) is 0 Å². The zero-order valence-corrected chi connectivity index (χ0v) is 10.1. The fraction of sp³-hybridized carbons (Fsp3) is 0.250. The summed E-state index contributed by atoms with van der Waals surface area (Å²) < 4.78 is 0. The van der Waals surface area contributed by atoms with Gasteiger partial charge in [0.15, 0.2) is 0 Å². The molecule has 0 amide bonds. The first kappa shape index (κ1) is 10.5. The van der Waals surface area contributed by atoms with Crippen molar-refractivity contribution >= 4 is 0 Å². The van der Waals surface area contributed by atoms with E-state index in [-0.39, 0.29) is 0 Å². The molecule has 1 N–H and O–H groups in total. The van der Waals surface area contributed by atoms with Crippen LogP contribution in [-0.2, 0) is 0 Å². The fourth-order valence-electron chi connectivity index (χ4n) is 2.77. The van der Waals surface area contributed by atoms with Crippen LogP contribution in [0.5, 0.6) is 0 Å². The third-order valence-corrected chi connectivity index (χ3v) is 3.56.